The highest BCUT2D eigenvalue weighted by molar-refractivity contribution is 6.90. The number of hydrogen-bond donors (Lipinski definition) is 1. The molecule has 1 N–H and O–H groups in total. The standard InChI is InChI=1S/C26H31NO6Si/c1-16-12-17-8-7-11-34(5,6)23(17)15-20(16)33-24-10-9-19(32-24)26(28)27-25-21(30-3)13-18(29-2)14-22(25)31-4/h9-10,12-15H,7-8,11H2,1-6H3,(H,27,28). The first-order valence-corrected chi connectivity index (χ1v) is 14.5. The quantitative estimate of drug-likeness (QED) is 0.448. The van der Waals surface area contributed by atoms with Crippen molar-refractivity contribution in [2.75, 3.05) is 26.6 Å². The highest BCUT2D eigenvalue weighted by Gasteiger charge is 2.30. The normalized spacial score (nSPS) is 14.2. The Kier molecular flexibility index (Phi) is 6.61. The van der Waals surface area contributed by atoms with Crippen LogP contribution >= 0.6 is 0 Å². The van der Waals surface area contributed by atoms with Gasteiger partial charge in [-0.25, -0.2) is 0 Å². The smallest absolute Gasteiger partial charge is 0.291 e. The van der Waals surface area contributed by atoms with Gasteiger partial charge in [-0.2, -0.15) is 0 Å². The topological polar surface area (TPSA) is 79.2 Å². The number of nitrogens with one attached hydrogen (secondary N) is 1. The Morgan fingerprint density at radius 3 is 2.32 bits per heavy atom. The van der Waals surface area contributed by atoms with Crippen LogP contribution in [0.4, 0.5) is 5.69 Å². The Labute approximate surface area is 201 Å². The summed E-state index contributed by atoms with van der Waals surface area (Å²) in [6, 6.07) is 12.3. The predicted octanol–water partition coefficient (Wildman–Crippen LogP) is 5.52. The molecule has 0 unspecified atom stereocenters. The average molecular weight is 482 g/mol. The number of aryl methyl sites for hydroxylation is 2. The third-order valence-corrected chi connectivity index (χ3v) is 9.87. The summed E-state index contributed by atoms with van der Waals surface area (Å²) >= 11 is 0. The number of fused-ring (bicyclic) bond motifs is 1. The highest BCUT2D eigenvalue weighted by Crippen LogP contribution is 2.39. The molecule has 3 aromatic rings. The number of hydrogen-bond acceptors (Lipinski definition) is 6. The van der Waals surface area contributed by atoms with Crippen LogP contribution in [0.15, 0.2) is 40.8 Å². The van der Waals surface area contributed by atoms with Crippen LogP contribution in [0.25, 0.3) is 0 Å². The van der Waals surface area contributed by atoms with E-state index < -0.39 is 14.0 Å². The second-order valence-corrected chi connectivity index (χ2v) is 13.9. The molecule has 8 heteroatoms. The maximum absolute atomic E-state index is 12.9. The third kappa shape index (κ3) is 4.63. The molecule has 1 aliphatic rings. The average Bonchev–Trinajstić information content (AvgIpc) is 3.28. The van der Waals surface area contributed by atoms with Crippen LogP contribution in [0, 0.1) is 6.92 Å². The molecule has 34 heavy (non-hydrogen) atoms. The molecular formula is C26H31NO6Si. The van der Waals surface area contributed by atoms with Gasteiger partial charge < -0.3 is 28.7 Å². The summed E-state index contributed by atoms with van der Waals surface area (Å²) in [5.41, 5.74) is 2.88. The fourth-order valence-electron chi connectivity index (χ4n) is 4.46. The van der Waals surface area contributed by atoms with Gasteiger partial charge in [0.15, 0.2) is 5.76 Å². The number of ether oxygens (including phenoxy) is 4. The molecule has 0 spiro atoms. The molecule has 7 nitrogen and oxygen atoms in total. The molecule has 0 saturated heterocycles. The van der Waals surface area contributed by atoms with Crippen molar-refractivity contribution < 1.29 is 28.2 Å². The maximum atomic E-state index is 12.9. The van der Waals surface area contributed by atoms with E-state index in [2.05, 4.69) is 30.5 Å². The van der Waals surface area contributed by atoms with Gasteiger partial charge in [-0.15, -0.1) is 0 Å². The Bertz CT molecular complexity index is 1190. The molecule has 2 aromatic carbocycles. The first-order valence-electron chi connectivity index (χ1n) is 11.3. The van der Waals surface area contributed by atoms with Crippen molar-refractivity contribution >= 4 is 24.9 Å². The van der Waals surface area contributed by atoms with Crippen molar-refractivity contribution in [3.05, 3.63) is 53.3 Å². The summed E-state index contributed by atoms with van der Waals surface area (Å²) in [6.45, 7) is 6.85. The molecular weight excluding hydrogens is 450 g/mol. The van der Waals surface area contributed by atoms with Gasteiger partial charge in [-0.05, 0) is 36.6 Å². The number of amides is 1. The Morgan fingerprint density at radius 1 is 0.971 bits per heavy atom. The minimum Gasteiger partial charge on any atom is -0.496 e. The van der Waals surface area contributed by atoms with Gasteiger partial charge in [0, 0.05) is 18.2 Å². The number of anilines is 1. The fraction of sp³-hybridized carbons (Fsp3) is 0.346. The predicted molar refractivity (Wildman–Crippen MR) is 134 cm³/mol. The number of carbonyl (C=O) groups is 1. The van der Waals surface area contributed by atoms with Crippen LogP contribution in [0.1, 0.15) is 28.1 Å². The van der Waals surface area contributed by atoms with Crippen LogP contribution < -0.4 is 29.5 Å². The highest BCUT2D eigenvalue weighted by atomic mass is 28.3. The maximum Gasteiger partial charge on any atom is 0.291 e. The zero-order valence-electron chi connectivity index (χ0n) is 20.5. The summed E-state index contributed by atoms with van der Waals surface area (Å²) in [4.78, 5) is 12.9. The van der Waals surface area contributed by atoms with E-state index >= 15 is 0 Å². The minimum absolute atomic E-state index is 0.111. The monoisotopic (exact) mass is 481 g/mol. The molecule has 180 valence electrons. The Morgan fingerprint density at radius 2 is 1.68 bits per heavy atom. The number of furan rings is 1. The lowest BCUT2D eigenvalue weighted by molar-refractivity contribution is 0.0991. The zero-order chi connectivity index (χ0) is 24.5. The lowest BCUT2D eigenvalue weighted by atomic mass is 10.1. The molecule has 1 aliphatic heterocycles. The van der Waals surface area contributed by atoms with E-state index in [4.69, 9.17) is 23.4 Å². The molecule has 1 aromatic heterocycles. The van der Waals surface area contributed by atoms with Gasteiger partial charge in [0.25, 0.3) is 11.9 Å². The first kappa shape index (κ1) is 23.8. The molecule has 4 rings (SSSR count). The zero-order valence-corrected chi connectivity index (χ0v) is 21.5. The van der Waals surface area contributed by atoms with Gasteiger partial charge in [0.2, 0.25) is 0 Å². The number of benzene rings is 2. The van der Waals surface area contributed by atoms with Crippen LogP contribution in [0.5, 0.6) is 28.9 Å². The fourth-order valence-corrected chi connectivity index (χ4v) is 7.38. The summed E-state index contributed by atoms with van der Waals surface area (Å²) in [7, 11) is 3.09. The molecule has 0 aliphatic carbocycles. The van der Waals surface area contributed by atoms with Crippen LogP contribution in [-0.4, -0.2) is 35.3 Å². The van der Waals surface area contributed by atoms with E-state index in [0.717, 1.165) is 17.7 Å². The number of carbonyl (C=O) groups excluding carboxylic acids is 1. The van der Waals surface area contributed by atoms with E-state index in [1.165, 1.54) is 37.4 Å². The Hall–Kier alpha value is -3.39. The summed E-state index contributed by atoms with van der Waals surface area (Å²) in [6.07, 6.45) is 2.38. The molecule has 0 fully saturated rings. The third-order valence-electron chi connectivity index (χ3n) is 6.35. The van der Waals surface area contributed by atoms with Crippen molar-refractivity contribution in [1.29, 1.82) is 0 Å². The van der Waals surface area contributed by atoms with Gasteiger partial charge in [-0.3, -0.25) is 4.79 Å². The molecule has 0 radical (unpaired) electrons. The van der Waals surface area contributed by atoms with Crippen LogP contribution in [0.2, 0.25) is 19.1 Å². The largest absolute Gasteiger partial charge is 0.496 e. The second kappa shape index (κ2) is 9.46. The van der Waals surface area contributed by atoms with E-state index in [9.17, 15) is 4.79 Å². The molecule has 2 heterocycles. The first-order chi connectivity index (χ1) is 16.2. The summed E-state index contributed by atoms with van der Waals surface area (Å²) in [5.74, 6) is 2.05. The van der Waals surface area contributed by atoms with Crippen LogP contribution in [-0.2, 0) is 6.42 Å². The lowest BCUT2D eigenvalue weighted by Crippen LogP contribution is -2.46. The summed E-state index contributed by atoms with van der Waals surface area (Å²) < 4.78 is 27.9. The van der Waals surface area contributed by atoms with Crippen molar-refractivity contribution in [2.45, 2.75) is 38.9 Å². The molecule has 0 bridgehead atoms. The van der Waals surface area contributed by atoms with Gasteiger partial charge in [0.05, 0.1) is 29.4 Å². The van der Waals surface area contributed by atoms with E-state index in [1.54, 1.807) is 31.4 Å². The van der Waals surface area contributed by atoms with Crippen molar-refractivity contribution in [3.63, 3.8) is 0 Å². The molecule has 0 atom stereocenters. The number of rotatable bonds is 7. The van der Waals surface area contributed by atoms with Crippen LogP contribution in [0.3, 0.4) is 0 Å². The minimum atomic E-state index is -1.47. The second-order valence-electron chi connectivity index (χ2n) is 9.09. The van der Waals surface area contributed by atoms with Gasteiger partial charge >= 0.3 is 0 Å². The van der Waals surface area contributed by atoms with E-state index in [0.29, 0.717) is 22.9 Å². The van der Waals surface area contributed by atoms with Crippen molar-refractivity contribution in [1.82, 2.24) is 0 Å². The summed E-state index contributed by atoms with van der Waals surface area (Å²) in [5, 5.41) is 4.25. The van der Waals surface area contributed by atoms with E-state index in [1.807, 2.05) is 6.92 Å². The molecule has 0 saturated carbocycles. The van der Waals surface area contributed by atoms with Gasteiger partial charge in [-0.1, -0.05) is 36.8 Å². The van der Waals surface area contributed by atoms with Crippen molar-refractivity contribution in [2.24, 2.45) is 0 Å². The SMILES string of the molecule is COc1cc(OC)c(NC(=O)c2ccc(Oc3cc4c(cc3C)CCC[Si]4(C)C)o2)c(OC)c1. The van der Waals surface area contributed by atoms with Crippen molar-refractivity contribution in [3.8, 4) is 28.9 Å². The number of methoxy groups -OCH3 is 3. The Balaban J connectivity index is 1.56. The van der Waals surface area contributed by atoms with Gasteiger partial charge in [0.1, 0.15) is 28.7 Å². The lowest BCUT2D eigenvalue weighted by Gasteiger charge is -2.31. The van der Waals surface area contributed by atoms with E-state index in [-0.39, 0.29) is 11.7 Å². The molecule has 1 amide bonds.